The van der Waals surface area contributed by atoms with Crippen molar-refractivity contribution < 1.29 is 18.4 Å². The smallest absolute Gasteiger partial charge is 0.255 e. The van der Waals surface area contributed by atoms with Gasteiger partial charge in [-0.3, -0.25) is 9.59 Å². The van der Waals surface area contributed by atoms with E-state index in [0.29, 0.717) is 33.4 Å². The van der Waals surface area contributed by atoms with Crippen molar-refractivity contribution in [2.45, 2.75) is 20.3 Å². The largest absolute Gasteiger partial charge is 0.454 e. The van der Waals surface area contributed by atoms with Gasteiger partial charge in [-0.05, 0) is 61.9 Å². The average molecular weight is 493 g/mol. The maximum Gasteiger partial charge on any atom is 0.255 e. The Kier molecular flexibility index (Phi) is 5.93. The SMILES string of the molecule is C#CC(C)(C)CC(=O)c1cccc(-c2cc3c(C(=O)NC)c(-c4ccc(F)cc4)oc3c3cc[nH]c23)c1. The van der Waals surface area contributed by atoms with Crippen molar-refractivity contribution in [1.82, 2.24) is 10.3 Å². The number of ketones is 1. The first-order chi connectivity index (χ1) is 17.7. The van der Waals surface area contributed by atoms with Crippen LogP contribution < -0.4 is 5.32 Å². The molecule has 2 aromatic heterocycles. The van der Waals surface area contributed by atoms with Crippen LogP contribution in [-0.2, 0) is 0 Å². The van der Waals surface area contributed by atoms with Crippen LogP contribution in [0.25, 0.3) is 44.3 Å². The van der Waals surface area contributed by atoms with Crippen molar-refractivity contribution in [1.29, 1.82) is 0 Å². The van der Waals surface area contributed by atoms with Gasteiger partial charge < -0.3 is 14.7 Å². The molecule has 6 heteroatoms. The highest BCUT2D eigenvalue weighted by Crippen LogP contribution is 2.41. The first kappa shape index (κ1) is 24.1. The summed E-state index contributed by atoms with van der Waals surface area (Å²) in [6.45, 7) is 3.73. The first-order valence-electron chi connectivity index (χ1n) is 11.9. The summed E-state index contributed by atoms with van der Waals surface area (Å²) in [6.07, 6.45) is 7.62. The van der Waals surface area contributed by atoms with Gasteiger partial charge in [0.15, 0.2) is 5.78 Å². The van der Waals surface area contributed by atoms with Gasteiger partial charge in [0.05, 0.1) is 11.1 Å². The summed E-state index contributed by atoms with van der Waals surface area (Å²) in [5.41, 5.74) is 3.94. The van der Waals surface area contributed by atoms with Crippen molar-refractivity contribution in [3.05, 3.63) is 83.8 Å². The second-order valence-corrected chi connectivity index (χ2v) is 9.67. The number of hydrogen-bond acceptors (Lipinski definition) is 3. The van der Waals surface area contributed by atoms with Crippen molar-refractivity contribution in [2.75, 3.05) is 7.05 Å². The molecule has 0 saturated carbocycles. The summed E-state index contributed by atoms with van der Waals surface area (Å²) in [7, 11) is 1.55. The Morgan fingerprint density at radius 1 is 1.05 bits per heavy atom. The molecule has 0 unspecified atom stereocenters. The van der Waals surface area contributed by atoms with E-state index in [2.05, 4.69) is 16.2 Å². The van der Waals surface area contributed by atoms with Gasteiger partial charge in [-0.15, -0.1) is 12.3 Å². The minimum absolute atomic E-state index is 0.0402. The fraction of sp³-hybridized carbons (Fsp3) is 0.161. The minimum Gasteiger partial charge on any atom is -0.454 e. The maximum absolute atomic E-state index is 13.6. The molecular formula is C31H25FN2O3. The van der Waals surface area contributed by atoms with Crippen molar-refractivity contribution >= 4 is 33.6 Å². The molecule has 2 heterocycles. The third-order valence-electron chi connectivity index (χ3n) is 6.54. The Bertz CT molecular complexity index is 1720. The van der Waals surface area contributed by atoms with E-state index in [-0.39, 0.29) is 23.9 Å². The van der Waals surface area contributed by atoms with Crippen LogP contribution in [0.1, 0.15) is 41.0 Å². The molecule has 2 N–H and O–H groups in total. The molecule has 0 atom stereocenters. The molecule has 0 spiro atoms. The van der Waals surface area contributed by atoms with Gasteiger partial charge in [-0.1, -0.05) is 18.2 Å². The van der Waals surface area contributed by atoms with E-state index in [1.807, 2.05) is 44.2 Å². The van der Waals surface area contributed by atoms with Gasteiger partial charge in [0.25, 0.3) is 5.91 Å². The highest BCUT2D eigenvalue weighted by Gasteiger charge is 2.25. The molecule has 0 aliphatic carbocycles. The molecule has 0 radical (unpaired) electrons. The van der Waals surface area contributed by atoms with Gasteiger partial charge in [0, 0.05) is 52.5 Å². The molecule has 0 aliphatic rings. The van der Waals surface area contributed by atoms with Gasteiger partial charge in [0.1, 0.15) is 17.2 Å². The molecule has 0 saturated heterocycles. The summed E-state index contributed by atoms with van der Waals surface area (Å²) in [5, 5.41) is 4.10. The zero-order valence-corrected chi connectivity index (χ0v) is 20.7. The number of carbonyl (C=O) groups is 2. The third-order valence-corrected chi connectivity index (χ3v) is 6.54. The molecule has 1 amide bonds. The molecule has 37 heavy (non-hydrogen) atoms. The van der Waals surface area contributed by atoms with E-state index in [0.717, 1.165) is 22.0 Å². The number of fused-ring (bicyclic) bond motifs is 3. The van der Waals surface area contributed by atoms with Crippen molar-refractivity contribution in [2.24, 2.45) is 5.41 Å². The lowest BCUT2D eigenvalue weighted by Crippen LogP contribution is -2.18. The Balaban J connectivity index is 1.73. The van der Waals surface area contributed by atoms with Gasteiger partial charge >= 0.3 is 0 Å². The number of carbonyl (C=O) groups excluding carboxylic acids is 2. The fourth-order valence-electron chi connectivity index (χ4n) is 4.58. The Morgan fingerprint density at radius 3 is 2.51 bits per heavy atom. The number of benzene rings is 3. The van der Waals surface area contributed by atoms with Gasteiger partial charge in [-0.2, -0.15) is 0 Å². The number of Topliss-reactive ketones (excluding diaryl/α,β-unsaturated/α-hetero) is 1. The van der Waals surface area contributed by atoms with Crippen LogP contribution in [0.15, 0.2) is 71.3 Å². The highest BCUT2D eigenvalue weighted by molar-refractivity contribution is 6.19. The van der Waals surface area contributed by atoms with E-state index in [1.54, 1.807) is 31.4 Å². The fourth-order valence-corrected chi connectivity index (χ4v) is 4.58. The first-order valence-corrected chi connectivity index (χ1v) is 11.9. The summed E-state index contributed by atoms with van der Waals surface area (Å²) < 4.78 is 19.9. The van der Waals surface area contributed by atoms with Crippen LogP contribution in [0.4, 0.5) is 4.39 Å². The monoisotopic (exact) mass is 492 g/mol. The summed E-state index contributed by atoms with van der Waals surface area (Å²) in [5.74, 6) is 2.29. The van der Waals surface area contributed by atoms with E-state index < -0.39 is 5.41 Å². The average Bonchev–Trinajstić information content (AvgIpc) is 3.53. The lowest BCUT2D eigenvalue weighted by atomic mass is 9.86. The number of H-pyrrole nitrogens is 1. The molecule has 5 aromatic rings. The topological polar surface area (TPSA) is 75.1 Å². The molecule has 5 nitrogen and oxygen atoms in total. The lowest BCUT2D eigenvalue weighted by molar-refractivity contribution is 0.0948. The second kappa shape index (κ2) is 9.11. The van der Waals surface area contributed by atoms with Gasteiger partial charge in [-0.25, -0.2) is 4.39 Å². The predicted molar refractivity (Wildman–Crippen MR) is 144 cm³/mol. The number of halogens is 1. The van der Waals surface area contributed by atoms with Gasteiger partial charge in [0.2, 0.25) is 0 Å². The van der Waals surface area contributed by atoms with E-state index in [4.69, 9.17) is 10.8 Å². The Labute approximate surface area is 213 Å². The Hall–Kier alpha value is -4.63. The molecule has 184 valence electrons. The van der Waals surface area contributed by atoms with Crippen LogP contribution in [0.3, 0.4) is 0 Å². The van der Waals surface area contributed by atoms with Crippen molar-refractivity contribution in [3.8, 4) is 34.8 Å². The van der Waals surface area contributed by atoms with E-state index in [1.165, 1.54) is 12.1 Å². The number of aromatic nitrogens is 1. The quantitative estimate of drug-likeness (QED) is 0.198. The minimum atomic E-state index is -0.547. The normalized spacial score (nSPS) is 11.5. The molecule has 3 aromatic carbocycles. The van der Waals surface area contributed by atoms with Crippen LogP contribution >= 0.6 is 0 Å². The zero-order chi connectivity index (χ0) is 26.3. The number of furan rings is 1. The van der Waals surface area contributed by atoms with Crippen LogP contribution in [0.2, 0.25) is 0 Å². The van der Waals surface area contributed by atoms with Crippen LogP contribution in [-0.4, -0.2) is 23.7 Å². The lowest BCUT2D eigenvalue weighted by Gasteiger charge is -2.16. The number of hydrogen-bond donors (Lipinski definition) is 2. The number of terminal acetylenes is 1. The molecule has 0 fully saturated rings. The predicted octanol–water partition coefficient (Wildman–Crippen LogP) is 6.98. The molecule has 0 bridgehead atoms. The standard InChI is InChI=1S/C31H25FN2O3/c1-5-31(2,3)17-25(35)20-8-6-7-19(15-20)23-16-24-26(30(36)33-4)28(18-9-11-21(32)12-10-18)37-29(24)22-13-14-34-27(22)23/h1,6-16,34H,17H2,2-4H3,(H,33,36). The summed E-state index contributed by atoms with van der Waals surface area (Å²) >= 11 is 0. The summed E-state index contributed by atoms with van der Waals surface area (Å²) in [4.78, 5) is 29.3. The Morgan fingerprint density at radius 2 is 1.81 bits per heavy atom. The van der Waals surface area contributed by atoms with Crippen molar-refractivity contribution in [3.63, 3.8) is 0 Å². The number of nitrogens with one attached hydrogen (secondary N) is 2. The van der Waals surface area contributed by atoms with E-state index in [9.17, 15) is 14.0 Å². The second-order valence-electron chi connectivity index (χ2n) is 9.67. The zero-order valence-electron chi connectivity index (χ0n) is 20.7. The molecular weight excluding hydrogens is 467 g/mol. The number of amides is 1. The summed E-state index contributed by atoms with van der Waals surface area (Å²) in [6, 6.07) is 17.0. The number of aromatic amines is 1. The van der Waals surface area contributed by atoms with Crippen LogP contribution in [0.5, 0.6) is 0 Å². The molecule has 5 rings (SSSR count). The van der Waals surface area contributed by atoms with E-state index >= 15 is 0 Å². The van der Waals surface area contributed by atoms with Crippen LogP contribution in [0, 0.1) is 23.6 Å². The highest BCUT2D eigenvalue weighted by atomic mass is 19.1. The maximum atomic E-state index is 13.6. The molecule has 0 aliphatic heterocycles. The third kappa shape index (κ3) is 4.30. The number of rotatable bonds is 6.